The van der Waals surface area contributed by atoms with Gasteiger partial charge in [0.2, 0.25) is 10.0 Å². The lowest BCUT2D eigenvalue weighted by molar-refractivity contribution is 0.452. The summed E-state index contributed by atoms with van der Waals surface area (Å²) in [7, 11) is -3.76. The zero-order valence-electron chi connectivity index (χ0n) is 17.6. The molecule has 0 unspecified atom stereocenters. The van der Waals surface area contributed by atoms with E-state index in [2.05, 4.69) is 5.92 Å². The standard InChI is InChI=1S/C26H23F2NO2S/c1-3-18-29(32(30,31)25-16-6-20(2)7-17-25)19-4-5-26(21-8-12-23(27)13-9-21)22-10-14-24(28)15-11-22/h1,5-17H,4,18-19H2,2H3. The van der Waals surface area contributed by atoms with Crippen molar-refractivity contribution in [3.8, 4) is 12.3 Å². The van der Waals surface area contributed by atoms with Gasteiger partial charge in [0.25, 0.3) is 0 Å². The van der Waals surface area contributed by atoms with Crippen molar-refractivity contribution in [3.05, 3.63) is 107 Å². The van der Waals surface area contributed by atoms with Gasteiger partial charge >= 0.3 is 0 Å². The Labute approximate surface area is 188 Å². The van der Waals surface area contributed by atoms with E-state index in [0.717, 1.165) is 22.3 Å². The van der Waals surface area contributed by atoms with Gasteiger partial charge in [-0.2, -0.15) is 4.31 Å². The zero-order chi connectivity index (χ0) is 23.1. The largest absolute Gasteiger partial charge is 0.243 e. The first-order valence-corrected chi connectivity index (χ1v) is 11.5. The smallest absolute Gasteiger partial charge is 0.207 e. The molecule has 32 heavy (non-hydrogen) atoms. The van der Waals surface area contributed by atoms with Gasteiger partial charge in [-0.25, -0.2) is 17.2 Å². The number of nitrogens with zero attached hydrogens (tertiary/aromatic N) is 1. The Morgan fingerprint density at radius 3 is 1.88 bits per heavy atom. The molecule has 3 aromatic rings. The Bertz CT molecular complexity index is 1180. The highest BCUT2D eigenvalue weighted by Crippen LogP contribution is 2.25. The molecular weight excluding hydrogens is 428 g/mol. The number of hydrogen-bond donors (Lipinski definition) is 0. The second kappa shape index (κ2) is 10.4. The number of halogens is 2. The fraction of sp³-hybridized carbons (Fsp3) is 0.154. The average molecular weight is 452 g/mol. The van der Waals surface area contributed by atoms with Gasteiger partial charge in [-0.15, -0.1) is 6.42 Å². The fourth-order valence-corrected chi connectivity index (χ4v) is 4.63. The van der Waals surface area contributed by atoms with Gasteiger partial charge in [0.05, 0.1) is 11.4 Å². The molecule has 3 nitrogen and oxygen atoms in total. The molecule has 0 bridgehead atoms. The van der Waals surface area contributed by atoms with E-state index in [0.29, 0.717) is 6.42 Å². The van der Waals surface area contributed by atoms with Crippen LogP contribution in [-0.4, -0.2) is 25.8 Å². The van der Waals surface area contributed by atoms with Crippen LogP contribution in [0.2, 0.25) is 0 Å². The van der Waals surface area contributed by atoms with Gasteiger partial charge in [0.15, 0.2) is 0 Å². The number of terminal acetylenes is 1. The van der Waals surface area contributed by atoms with Crippen LogP contribution in [0.15, 0.2) is 83.8 Å². The van der Waals surface area contributed by atoms with E-state index in [4.69, 9.17) is 6.42 Å². The summed E-state index contributed by atoms with van der Waals surface area (Å²) >= 11 is 0. The fourth-order valence-electron chi connectivity index (χ4n) is 3.26. The predicted octanol–water partition coefficient (Wildman–Crippen LogP) is 5.42. The Morgan fingerprint density at radius 2 is 1.41 bits per heavy atom. The minimum atomic E-state index is -3.76. The van der Waals surface area contributed by atoms with Crippen LogP contribution >= 0.6 is 0 Å². The lowest BCUT2D eigenvalue weighted by atomic mass is 9.97. The van der Waals surface area contributed by atoms with Gasteiger partial charge in [-0.05, 0) is 66.4 Å². The number of rotatable bonds is 8. The lowest BCUT2D eigenvalue weighted by Crippen LogP contribution is -2.32. The molecule has 0 atom stereocenters. The molecule has 0 amide bonds. The third-order valence-corrected chi connectivity index (χ3v) is 6.82. The van der Waals surface area contributed by atoms with E-state index in [1.54, 1.807) is 48.5 Å². The molecule has 164 valence electrons. The monoisotopic (exact) mass is 451 g/mol. The molecular formula is C26H23F2NO2S. The Morgan fingerprint density at radius 1 is 0.906 bits per heavy atom. The van der Waals surface area contributed by atoms with Crippen molar-refractivity contribution in [2.75, 3.05) is 13.1 Å². The molecule has 0 radical (unpaired) electrons. The van der Waals surface area contributed by atoms with Gasteiger partial charge in [-0.1, -0.05) is 54.0 Å². The molecule has 0 aliphatic rings. The first-order valence-electron chi connectivity index (χ1n) is 10.0. The summed E-state index contributed by atoms with van der Waals surface area (Å²) in [6.45, 7) is 1.98. The number of sulfonamides is 1. The van der Waals surface area contributed by atoms with Crippen molar-refractivity contribution in [2.24, 2.45) is 0 Å². The van der Waals surface area contributed by atoms with Crippen LogP contribution in [-0.2, 0) is 10.0 Å². The highest BCUT2D eigenvalue weighted by Gasteiger charge is 2.23. The van der Waals surface area contributed by atoms with Gasteiger partial charge < -0.3 is 0 Å². The molecule has 0 saturated heterocycles. The average Bonchev–Trinajstić information content (AvgIpc) is 2.78. The molecule has 6 heteroatoms. The van der Waals surface area contributed by atoms with Crippen LogP contribution in [0.5, 0.6) is 0 Å². The summed E-state index contributed by atoms with van der Waals surface area (Å²) in [4.78, 5) is 0.180. The molecule has 0 N–H and O–H groups in total. The predicted molar refractivity (Wildman–Crippen MR) is 123 cm³/mol. The number of hydrogen-bond acceptors (Lipinski definition) is 2. The first kappa shape index (κ1) is 23.4. The Balaban J connectivity index is 1.89. The molecule has 0 aliphatic heterocycles. The van der Waals surface area contributed by atoms with E-state index >= 15 is 0 Å². The van der Waals surface area contributed by atoms with Crippen molar-refractivity contribution in [1.82, 2.24) is 4.31 Å². The minimum Gasteiger partial charge on any atom is -0.207 e. The number of aryl methyl sites for hydroxylation is 1. The van der Waals surface area contributed by atoms with Crippen LogP contribution in [0.1, 0.15) is 23.1 Å². The quantitative estimate of drug-likeness (QED) is 0.429. The van der Waals surface area contributed by atoms with Crippen LogP contribution in [0.4, 0.5) is 8.78 Å². The minimum absolute atomic E-state index is 0.0630. The van der Waals surface area contributed by atoms with E-state index in [-0.39, 0.29) is 29.6 Å². The second-order valence-electron chi connectivity index (χ2n) is 7.28. The van der Waals surface area contributed by atoms with Crippen molar-refractivity contribution >= 4 is 15.6 Å². The molecule has 0 fully saturated rings. The lowest BCUT2D eigenvalue weighted by Gasteiger charge is -2.20. The molecule has 0 aromatic heterocycles. The third-order valence-electron chi connectivity index (χ3n) is 4.96. The van der Waals surface area contributed by atoms with Gasteiger partial charge in [-0.3, -0.25) is 0 Å². The van der Waals surface area contributed by atoms with Crippen LogP contribution < -0.4 is 0 Å². The van der Waals surface area contributed by atoms with Crippen molar-refractivity contribution < 1.29 is 17.2 Å². The summed E-state index contributed by atoms with van der Waals surface area (Å²) in [6, 6.07) is 18.5. The number of benzene rings is 3. The topological polar surface area (TPSA) is 37.4 Å². The van der Waals surface area contributed by atoms with Crippen molar-refractivity contribution in [3.63, 3.8) is 0 Å². The maximum absolute atomic E-state index is 13.4. The van der Waals surface area contributed by atoms with Crippen LogP contribution in [0.25, 0.3) is 5.57 Å². The van der Waals surface area contributed by atoms with E-state index < -0.39 is 10.0 Å². The Kier molecular flexibility index (Phi) is 7.57. The van der Waals surface area contributed by atoms with Gasteiger partial charge in [0.1, 0.15) is 11.6 Å². The first-order chi connectivity index (χ1) is 15.3. The molecule has 0 saturated carbocycles. The van der Waals surface area contributed by atoms with E-state index in [9.17, 15) is 17.2 Å². The van der Waals surface area contributed by atoms with Crippen LogP contribution in [0.3, 0.4) is 0 Å². The molecule has 3 rings (SSSR count). The van der Waals surface area contributed by atoms with Gasteiger partial charge in [0, 0.05) is 6.54 Å². The molecule has 0 aliphatic carbocycles. The SMILES string of the molecule is C#CCN(CCC=C(c1ccc(F)cc1)c1ccc(F)cc1)S(=O)(=O)c1ccc(C)cc1. The maximum atomic E-state index is 13.4. The van der Waals surface area contributed by atoms with E-state index in [1.807, 2.05) is 13.0 Å². The summed E-state index contributed by atoms with van der Waals surface area (Å²) < 4.78 is 54.2. The van der Waals surface area contributed by atoms with E-state index in [1.165, 1.54) is 28.6 Å². The highest BCUT2D eigenvalue weighted by atomic mass is 32.2. The highest BCUT2D eigenvalue weighted by molar-refractivity contribution is 7.89. The zero-order valence-corrected chi connectivity index (χ0v) is 18.4. The molecule has 3 aromatic carbocycles. The van der Waals surface area contributed by atoms with Crippen molar-refractivity contribution in [1.29, 1.82) is 0 Å². The third kappa shape index (κ3) is 5.70. The Hall–Kier alpha value is -3.27. The summed E-state index contributed by atoms with van der Waals surface area (Å²) in [5.74, 6) is 1.68. The molecule has 0 spiro atoms. The van der Waals surface area contributed by atoms with Crippen molar-refractivity contribution in [2.45, 2.75) is 18.2 Å². The summed E-state index contributed by atoms with van der Waals surface area (Å²) in [5, 5.41) is 0. The van der Waals surface area contributed by atoms with Crippen LogP contribution in [0, 0.1) is 30.9 Å². The normalized spacial score (nSPS) is 11.2. The summed E-state index contributed by atoms with van der Waals surface area (Å²) in [5.41, 5.74) is 3.18. The summed E-state index contributed by atoms with van der Waals surface area (Å²) in [6.07, 6.45) is 7.64. The molecule has 0 heterocycles. The second-order valence-corrected chi connectivity index (χ2v) is 9.21. The maximum Gasteiger partial charge on any atom is 0.243 e.